The molecule has 2 N–H and O–H groups in total. The largest absolute Gasteiger partial charge is 0.508 e. The molecule has 1 fully saturated rings. The van der Waals surface area contributed by atoms with E-state index in [0.29, 0.717) is 11.6 Å². The molecule has 0 radical (unpaired) electrons. The fraction of sp³-hybridized carbons (Fsp3) is 0.250. The van der Waals surface area contributed by atoms with Gasteiger partial charge in [0.05, 0.1) is 5.56 Å². The number of nitrogens with one attached hydrogen (secondary N) is 1. The first-order chi connectivity index (χ1) is 10.1. The van der Waals surface area contributed by atoms with Gasteiger partial charge >= 0.3 is 0 Å². The van der Waals surface area contributed by atoms with Crippen molar-refractivity contribution in [3.63, 3.8) is 0 Å². The molecule has 5 heteroatoms. The Morgan fingerprint density at radius 3 is 2.52 bits per heavy atom. The summed E-state index contributed by atoms with van der Waals surface area (Å²) in [7, 11) is 1.70. The highest BCUT2D eigenvalue weighted by Gasteiger charge is 2.21. The average molecular weight is 283 g/mol. The Labute approximate surface area is 123 Å². The highest BCUT2D eigenvalue weighted by atomic mass is 16.3. The van der Waals surface area contributed by atoms with E-state index in [0.717, 1.165) is 11.5 Å². The van der Waals surface area contributed by atoms with E-state index < -0.39 is 0 Å². The van der Waals surface area contributed by atoms with Gasteiger partial charge in [0.25, 0.3) is 5.91 Å². The lowest BCUT2D eigenvalue weighted by molar-refractivity contribution is 0.0992. The van der Waals surface area contributed by atoms with Crippen molar-refractivity contribution >= 4 is 17.4 Å². The van der Waals surface area contributed by atoms with E-state index in [-0.39, 0.29) is 11.7 Å². The van der Waals surface area contributed by atoms with E-state index in [1.54, 1.807) is 43.6 Å². The summed E-state index contributed by atoms with van der Waals surface area (Å²) in [5.41, 5.74) is 1.25. The van der Waals surface area contributed by atoms with Crippen molar-refractivity contribution in [3.8, 4) is 5.75 Å². The molecule has 21 heavy (non-hydrogen) atoms. The first-order valence-electron chi connectivity index (χ1n) is 6.93. The predicted molar refractivity (Wildman–Crippen MR) is 81.7 cm³/mol. The quantitative estimate of drug-likeness (QED) is 0.905. The van der Waals surface area contributed by atoms with Gasteiger partial charge in [-0.2, -0.15) is 0 Å². The van der Waals surface area contributed by atoms with Crippen LogP contribution in [0.1, 0.15) is 23.2 Å². The van der Waals surface area contributed by atoms with Gasteiger partial charge < -0.3 is 15.3 Å². The molecule has 108 valence electrons. The molecular formula is C16H17N3O2. The van der Waals surface area contributed by atoms with Crippen LogP contribution < -0.4 is 10.2 Å². The summed E-state index contributed by atoms with van der Waals surface area (Å²) in [6, 6.07) is 10.7. The topological polar surface area (TPSA) is 65.5 Å². The predicted octanol–water partition coefficient (Wildman–Crippen LogP) is 2.64. The van der Waals surface area contributed by atoms with Gasteiger partial charge in [0, 0.05) is 25.0 Å². The highest BCUT2D eigenvalue weighted by Crippen LogP contribution is 2.24. The van der Waals surface area contributed by atoms with Gasteiger partial charge in [-0.1, -0.05) is 0 Å². The fourth-order valence-corrected chi connectivity index (χ4v) is 2.03. The molecule has 0 atom stereocenters. The molecule has 1 aliphatic carbocycles. The summed E-state index contributed by atoms with van der Waals surface area (Å²) in [5.74, 6) is 0.851. The molecule has 1 aromatic carbocycles. The zero-order valence-corrected chi connectivity index (χ0v) is 11.8. The van der Waals surface area contributed by atoms with E-state index in [9.17, 15) is 9.90 Å². The van der Waals surface area contributed by atoms with Crippen LogP contribution in [0, 0.1) is 0 Å². The van der Waals surface area contributed by atoms with Gasteiger partial charge in [0.15, 0.2) is 0 Å². The van der Waals surface area contributed by atoms with Crippen molar-refractivity contribution in [2.75, 3.05) is 17.3 Å². The van der Waals surface area contributed by atoms with Crippen molar-refractivity contribution < 1.29 is 9.90 Å². The van der Waals surface area contributed by atoms with E-state index in [2.05, 4.69) is 10.3 Å². The van der Waals surface area contributed by atoms with Gasteiger partial charge in [-0.25, -0.2) is 4.98 Å². The van der Waals surface area contributed by atoms with Crippen molar-refractivity contribution in [1.29, 1.82) is 0 Å². The summed E-state index contributed by atoms with van der Waals surface area (Å²) >= 11 is 0. The zero-order valence-electron chi connectivity index (χ0n) is 11.8. The maximum atomic E-state index is 12.4. The van der Waals surface area contributed by atoms with Crippen LogP contribution in [0.4, 0.5) is 11.5 Å². The molecule has 5 nitrogen and oxygen atoms in total. The van der Waals surface area contributed by atoms with Crippen molar-refractivity contribution in [2.45, 2.75) is 18.9 Å². The van der Waals surface area contributed by atoms with Crippen molar-refractivity contribution in [3.05, 3.63) is 48.2 Å². The molecule has 1 aromatic heterocycles. The summed E-state index contributed by atoms with van der Waals surface area (Å²) in [6.45, 7) is 0. The molecule has 0 unspecified atom stereocenters. The van der Waals surface area contributed by atoms with Crippen LogP contribution in [0.2, 0.25) is 0 Å². The third kappa shape index (κ3) is 3.13. The number of nitrogens with zero attached hydrogens (tertiary/aromatic N) is 2. The van der Waals surface area contributed by atoms with E-state index in [1.165, 1.54) is 17.7 Å². The molecule has 1 amide bonds. The number of hydrogen-bond donors (Lipinski definition) is 2. The van der Waals surface area contributed by atoms with Crippen LogP contribution in [0.3, 0.4) is 0 Å². The number of hydrogen-bond acceptors (Lipinski definition) is 4. The highest BCUT2D eigenvalue weighted by molar-refractivity contribution is 6.05. The number of carbonyl (C=O) groups is 1. The molecule has 2 aromatic rings. The minimum atomic E-state index is -0.133. The second kappa shape index (κ2) is 5.44. The Bertz CT molecular complexity index is 634. The summed E-state index contributed by atoms with van der Waals surface area (Å²) < 4.78 is 0. The Kier molecular flexibility index (Phi) is 3.48. The zero-order chi connectivity index (χ0) is 14.8. The van der Waals surface area contributed by atoms with Crippen molar-refractivity contribution in [1.82, 2.24) is 4.98 Å². The SMILES string of the molecule is CN(C(=O)c1ccc(NC2CC2)nc1)c1ccc(O)cc1. The minimum Gasteiger partial charge on any atom is -0.508 e. The first-order valence-corrected chi connectivity index (χ1v) is 6.93. The monoisotopic (exact) mass is 283 g/mol. The first kappa shape index (κ1) is 13.4. The Hall–Kier alpha value is -2.56. The lowest BCUT2D eigenvalue weighted by Gasteiger charge is -2.17. The number of amides is 1. The van der Waals surface area contributed by atoms with Gasteiger partial charge in [-0.3, -0.25) is 4.79 Å². The van der Waals surface area contributed by atoms with Crippen LogP contribution >= 0.6 is 0 Å². The van der Waals surface area contributed by atoms with Crippen molar-refractivity contribution in [2.24, 2.45) is 0 Å². The third-order valence-corrected chi connectivity index (χ3v) is 3.48. The number of aromatic hydroxyl groups is 1. The third-order valence-electron chi connectivity index (χ3n) is 3.48. The average Bonchev–Trinajstić information content (AvgIpc) is 3.31. The number of phenols is 1. The smallest absolute Gasteiger partial charge is 0.259 e. The molecule has 1 saturated carbocycles. The Morgan fingerprint density at radius 2 is 1.95 bits per heavy atom. The summed E-state index contributed by atoms with van der Waals surface area (Å²) in [5, 5.41) is 12.6. The minimum absolute atomic E-state index is 0.133. The van der Waals surface area contributed by atoms with Gasteiger partial charge in [0.1, 0.15) is 11.6 Å². The van der Waals surface area contributed by atoms with Gasteiger partial charge in [-0.05, 0) is 49.2 Å². The van der Waals surface area contributed by atoms with Crippen LogP contribution in [0.25, 0.3) is 0 Å². The van der Waals surface area contributed by atoms with Crippen LogP contribution in [-0.4, -0.2) is 29.1 Å². The molecule has 1 heterocycles. The van der Waals surface area contributed by atoms with Gasteiger partial charge in [0.2, 0.25) is 0 Å². The molecule has 0 saturated heterocycles. The fourth-order valence-electron chi connectivity index (χ4n) is 2.03. The summed E-state index contributed by atoms with van der Waals surface area (Å²) in [6.07, 6.45) is 3.96. The van der Waals surface area contributed by atoms with Gasteiger partial charge in [-0.15, -0.1) is 0 Å². The van der Waals surface area contributed by atoms with E-state index >= 15 is 0 Å². The number of carbonyl (C=O) groups excluding carboxylic acids is 1. The second-order valence-corrected chi connectivity index (χ2v) is 5.23. The second-order valence-electron chi connectivity index (χ2n) is 5.23. The number of phenolic OH excluding ortho intramolecular Hbond substituents is 1. The molecule has 0 spiro atoms. The number of anilines is 2. The molecule has 3 rings (SSSR count). The molecule has 0 bridgehead atoms. The normalized spacial score (nSPS) is 13.8. The van der Waals surface area contributed by atoms with E-state index in [4.69, 9.17) is 0 Å². The maximum absolute atomic E-state index is 12.4. The number of pyridine rings is 1. The molecule has 1 aliphatic rings. The Morgan fingerprint density at radius 1 is 1.24 bits per heavy atom. The molecule has 0 aliphatic heterocycles. The van der Waals surface area contributed by atoms with Crippen LogP contribution in [-0.2, 0) is 0 Å². The Balaban J connectivity index is 1.72. The lowest BCUT2D eigenvalue weighted by atomic mass is 10.2. The van der Waals surface area contributed by atoms with Crippen LogP contribution in [0.15, 0.2) is 42.6 Å². The maximum Gasteiger partial charge on any atom is 0.259 e. The number of aromatic nitrogens is 1. The lowest BCUT2D eigenvalue weighted by Crippen LogP contribution is -2.26. The van der Waals surface area contributed by atoms with Crippen LogP contribution in [0.5, 0.6) is 5.75 Å². The number of benzene rings is 1. The molecular weight excluding hydrogens is 266 g/mol. The number of rotatable bonds is 4. The standard InChI is InChI=1S/C16H17N3O2/c1-19(13-5-7-14(20)8-6-13)16(21)11-2-9-15(17-10-11)18-12-3-4-12/h2,5-10,12,20H,3-4H2,1H3,(H,17,18). The summed E-state index contributed by atoms with van der Waals surface area (Å²) in [4.78, 5) is 18.2. The van der Waals surface area contributed by atoms with E-state index in [1.807, 2.05) is 6.07 Å².